The molecule has 0 fully saturated rings. The molecule has 0 atom stereocenters. The Morgan fingerprint density at radius 1 is 1.05 bits per heavy atom. The van der Waals surface area contributed by atoms with E-state index >= 15 is 0 Å². The molecular formula is C30H33N7O3. The molecule has 5 rings (SSSR count). The molecule has 1 amide bonds. The molecule has 0 bridgehead atoms. The first-order chi connectivity index (χ1) is 19.1. The molecular weight excluding hydrogens is 506 g/mol. The molecule has 0 aliphatic heterocycles. The zero-order valence-corrected chi connectivity index (χ0v) is 23.5. The largest absolute Gasteiger partial charge is 0.494 e. The van der Waals surface area contributed by atoms with Gasteiger partial charge in [-0.05, 0) is 75.6 Å². The standard InChI is InChI=1S/C30H33N7O3/c1-19-12-24(22-9-7-8-21(13-22)15-31-29(38)40-30(3,4)5)27-34-28(35-37(27)16-19)33-23-10-11-25(26(14-23)39-6)36-17-20(2)32-18-36/h7-14,16-18H,15H2,1-6H3,(H,31,38)(H,33,35). The first-order valence-electron chi connectivity index (χ1n) is 13.0. The van der Waals surface area contributed by atoms with Crippen LogP contribution in [0.1, 0.15) is 37.6 Å². The molecule has 10 nitrogen and oxygen atoms in total. The van der Waals surface area contributed by atoms with Crippen molar-refractivity contribution in [3.8, 4) is 22.6 Å². The Labute approximate surface area is 233 Å². The summed E-state index contributed by atoms with van der Waals surface area (Å²) in [6, 6.07) is 15.9. The zero-order valence-electron chi connectivity index (χ0n) is 23.5. The number of rotatable bonds is 7. The van der Waals surface area contributed by atoms with Crippen molar-refractivity contribution < 1.29 is 14.3 Å². The molecule has 0 radical (unpaired) electrons. The number of amides is 1. The van der Waals surface area contributed by atoms with Gasteiger partial charge < -0.3 is 24.7 Å². The lowest BCUT2D eigenvalue weighted by atomic mass is 10.0. The third kappa shape index (κ3) is 6.06. The summed E-state index contributed by atoms with van der Waals surface area (Å²) in [6.45, 7) is 9.83. The van der Waals surface area contributed by atoms with Crippen molar-refractivity contribution >= 4 is 23.4 Å². The fourth-order valence-corrected chi connectivity index (χ4v) is 4.37. The zero-order chi connectivity index (χ0) is 28.4. The first-order valence-corrected chi connectivity index (χ1v) is 13.0. The fourth-order valence-electron chi connectivity index (χ4n) is 4.37. The number of aryl methyl sites for hydroxylation is 2. The van der Waals surface area contributed by atoms with E-state index in [-0.39, 0.29) is 0 Å². The van der Waals surface area contributed by atoms with Gasteiger partial charge in [-0.2, -0.15) is 4.98 Å². The minimum Gasteiger partial charge on any atom is -0.494 e. The summed E-state index contributed by atoms with van der Waals surface area (Å²) in [4.78, 5) is 21.2. The Bertz CT molecular complexity index is 1680. The van der Waals surface area contributed by atoms with Gasteiger partial charge in [-0.25, -0.2) is 14.3 Å². The lowest BCUT2D eigenvalue weighted by Gasteiger charge is -2.19. The van der Waals surface area contributed by atoms with E-state index < -0.39 is 11.7 Å². The summed E-state index contributed by atoms with van der Waals surface area (Å²) >= 11 is 0. The van der Waals surface area contributed by atoms with Crippen LogP contribution in [-0.4, -0.2) is 43.0 Å². The van der Waals surface area contributed by atoms with Gasteiger partial charge in [-0.3, -0.25) is 0 Å². The van der Waals surface area contributed by atoms with Crippen LogP contribution in [0.5, 0.6) is 5.75 Å². The van der Waals surface area contributed by atoms with Crippen molar-refractivity contribution in [1.29, 1.82) is 0 Å². The fraction of sp³-hybridized carbons (Fsp3) is 0.267. The van der Waals surface area contributed by atoms with Crippen molar-refractivity contribution in [3.05, 3.63) is 84.1 Å². The lowest BCUT2D eigenvalue weighted by molar-refractivity contribution is 0.0523. The second-order valence-corrected chi connectivity index (χ2v) is 10.6. The second kappa shape index (κ2) is 10.7. The minimum atomic E-state index is -0.551. The van der Waals surface area contributed by atoms with E-state index in [9.17, 15) is 4.79 Å². The number of hydrogen-bond donors (Lipinski definition) is 2. The molecule has 10 heteroatoms. The number of pyridine rings is 1. The highest BCUT2D eigenvalue weighted by molar-refractivity contribution is 5.79. The maximum Gasteiger partial charge on any atom is 0.407 e. The number of aromatic nitrogens is 5. The van der Waals surface area contributed by atoms with Gasteiger partial charge in [0.25, 0.3) is 0 Å². The number of hydrogen-bond acceptors (Lipinski definition) is 7. The van der Waals surface area contributed by atoms with Crippen LogP contribution in [0.25, 0.3) is 22.5 Å². The lowest BCUT2D eigenvalue weighted by Crippen LogP contribution is -2.32. The SMILES string of the molecule is COc1cc(Nc2nc3c(-c4cccc(CNC(=O)OC(C)(C)C)c4)cc(C)cn3n2)ccc1-n1cnc(C)c1. The van der Waals surface area contributed by atoms with Gasteiger partial charge in [0, 0.05) is 36.3 Å². The molecule has 0 saturated heterocycles. The van der Waals surface area contributed by atoms with E-state index in [0.717, 1.165) is 39.3 Å². The highest BCUT2D eigenvalue weighted by Crippen LogP contribution is 2.30. The Hall–Kier alpha value is -4.86. The van der Waals surface area contributed by atoms with Crippen LogP contribution < -0.4 is 15.4 Å². The number of benzene rings is 2. The van der Waals surface area contributed by atoms with E-state index in [4.69, 9.17) is 14.5 Å². The minimum absolute atomic E-state index is 0.348. The highest BCUT2D eigenvalue weighted by Gasteiger charge is 2.17. The number of methoxy groups -OCH3 is 1. The third-order valence-corrected chi connectivity index (χ3v) is 6.07. The molecule has 0 aliphatic carbocycles. The molecule has 2 N–H and O–H groups in total. The van der Waals surface area contributed by atoms with Crippen LogP contribution >= 0.6 is 0 Å². The van der Waals surface area contributed by atoms with E-state index in [2.05, 4.69) is 26.8 Å². The molecule has 0 saturated carbocycles. The normalized spacial score (nSPS) is 11.4. The number of fused-ring (bicyclic) bond motifs is 1. The number of carbonyl (C=O) groups excluding carboxylic acids is 1. The molecule has 0 aliphatic rings. The van der Waals surface area contributed by atoms with Crippen molar-refractivity contribution in [2.45, 2.75) is 46.8 Å². The van der Waals surface area contributed by atoms with Crippen LogP contribution in [0.15, 0.2) is 67.3 Å². The molecule has 0 unspecified atom stereocenters. The summed E-state index contributed by atoms with van der Waals surface area (Å²) in [5.41, 5.74) is 6.65. The third-order valence-electron chi connectivity index (χ3n) is 6.07. The summed E-state index contributed by atoms with van der Waals surface area (Å²) in [6.07, 6.45) is 5.20. The first kappa shape index (κ1) is 26.7. The van der Waals surface area contributed by atoms with Gasteiger partial charge in [0.15, 0.2) is 5.65 Å². The summed E-state index contributed by atoms with van der Waals surface area (Å²) < 4.78 is 14.7. The number of nitrogens with zero attached hydrogens (tertiary/aromatic N) is 5. The van der Waals surface area contributed by atoms with Gasteiger partial charge in [0.1, 0.15) is 11.4 Å². The monoisotopic (exact) mass is 539 g/mol. The van der Waals surface area contributed by atoms with Crippen molar-refractivity contribution in [1.82, 2.24) is 29.5 Å². The van der Waals surface area contributed by atoms with Gasteiger partial charge in [-0.1, -0.05) is 18.2 Å². The second-order valence-electron chi connectivity index (χ2n) is 10.6. The van der Waals surface area contributed by atoms with E-state index in [0.29, 0.717) is 23.9 Å². The number of carbonyl (C=O) groups is 1. The summed E-state index contributed by atoms with van der Waals surface area (Å²) in [5.74, 6) is 1.15. The topological polar surface area (TPSA) is 108 Å². The molecule has 0 spiro atoms. The molecule has 5 aromatic rings. The van der Waals surface area contributed by atoms with Gasteiger partial charge in [-0.15, -0.1) is 5.10 Å². The van der Waals surface area contributed by atoms with Crippen molar-refractivity contribution in [2.75, 3.05) is 12.4 Å². The van der Waals surface area contributed by atoms with E-state index in [1.54, 1.807) is 18.0 Å². The number of ether oxygens (including phenoxy) is 2. The molecule has 3 heterocycles. The van der Waals surface area contributed by atoms with Crippen LogP contribution in [0.4, 0.5) is 16.4 Å². The average Bonchev–Trinajstić information content (AvgIpc) is 3.51. The smallest absolute Gasteiger partial charge is 0.407 e. The number of nitrogens with one attached hydrogen (secondary N) is 2. The summed E-state index contributed by atoms with van der Waals surface area (Å²) in [5, 5.41) is 10.8. The Morgan fingerprint density at radius 3 is 2.60 bits per heavy atom. The predicted molar refractivity (Wildman–Crippen MR) is 154 cm³/mol. The predicted octanol–water partition coefficient (Wildman–Crippen LogP) is 5.98. The molecule has 206 valence electrons. The Morgan fingerprint density at radius 2 is 1.88 bits per heavy atom. The average molecular weight is 540 g/mol. The van der Waals surface area contributed by atoms with Crippen LogP contribution in [0, 0.1) is 13.8 Å². The number of imidazole rings is 1. The van der Waals surface area contributed by atoms with Crippen molar-refractivity contribution in [2.24, 2.45) is 0 Å². The van der Waals surface area contributed by atoms with Gasteiger partial charge >= 0.3 is 6.09 Å². The van der Waals surface area contributed by atoms with Crippen LogP contribution in [0.2, 0.25) is 0 Å². The van der Waals surface area contributed by atoms with E-state index in [1.807, 2.05) is 94.0 Å². The molecule has 2 aromatic carbocycles. The van der Waals surface area contributed by atoms with E-state index in [1.165, 1.54) is 0 Å². The quantitative estimate of drug-likeness (QED) is 0.262. The highest BCUT2D eigenvalue weighted by atomic mass is 16.6. The van der Waals surface area contributed by atoms with Gasteiger partial charge in [0.2, 0.25) is 5.95 Å². The Kier molecular flexibility index (Phi) is 7.17. The van der Waals surface area contributed by atoms with Crippen molar-refractivity contribution in [3.63, 3.8) is 0 Å². The van der Waals surface area contributed by atoms with Crippen LogP contribution in [0.3, 0.4) is 0 Å². The maximum atomic E-state index is 12.1. The number of alkyl carbamates (subject to hydrolysis) is 1. The number of anilines is 2. The molecule has 40 heavy (non-hydrogen) atoms. The Balaban J connectivity index is 1.40. The summed E-state index contributed by atoms with van der Waals surface area (Å²) in [7, 11) is 1.64. The maximum absolute atomic E-state index is 12.1. The molecule has 3 aromatic heterocycles. The van der Waals surface area contributed by atoms with Gasteiger partial charge in [0.05, 0.1) is 24.8 Å². The van der Waals surface area contributed by atoms with Crippen LogP contribution in [-0.2, 0) is 11.3 Å².